The van der Waals surface area contributed by atoms with E-state index in [0.717, 1.165) is 47.9 Å². The predicted octanol–water partition coefficient (Wildman–Crippen LogP) is 4.09. The lowest BCUT2D eigenvalue weighted by atomic mass is 10.0. The molecule has 1 N–H and O–H groups in total. The lowest BCUT2D eigenvalue weighted by molar-refractivity contribution is 0.356. The number of aromatic nitrogens is 2. The molecule has 2 heterocycles. The Morgan fingerprint density at radius 2 is 1.92 bits per heavy atom. The van der Waals surface area contributed by atoms with Crippen molar-refractivity contribution in [3.05, 3.63) is 53.6 Å². The minimum Gasteiger partial charge on any atom is -0.493 e. The molecule has 0 bridgehead atoms. The van der Waals surface area contributed by atoms with Gasteiger partial charge in [-0.3, -0.25) is 0 Å². The van der Waals surface area contributed by atoms with Gasteiger partial charge in [0.2, 0.25) is 0 Å². The predicted molar refractivity (Wildman–Crippen MR) is 104 cm³/mol. The zero-order valence-corrected chi connectivity index (χ0v) is 15.4. The van der Waals surface area contributed by atoms with Gasteiger partial charge >= 0.3 is 0 Å². The van der Waals surface area contributed by atoms with Gasteiger partial charge in [0.15, 0.2) is 11.5 Å². The number of ether oxygens (including phenoxy) is 2. The maximum Gasteiger partial charge on any atom is 0.170 e. The molecule has 0 radical (unpaired) electrons. The SMILES string of the molecule is CCc1ccccc1-n1nc(-c2cccc(OC)c2OC)c2c1NCC2. The Kier molecular flexibility index (Phi) is 4.29. The first kappa shape index (κ1) is 16.5. The fourth-order valence-electron chi connectivity index (χ4n) is 3.66. The first-order valence-electron chi connectivity index (χ1n) is 8.93. The first-order chi connectivity index (χ1) is 12.8. The summed E-state index contributed by atoms with van der Waals surface area (Å²) < 4.78 is 13.2. The van der Waals surface area contributed by atoms with Gasteiger partial charge in [0, 0.05) is 17.7 Å². The standard InChI is InChI=1S/C21H23N3O2/c1-4-14-8-5-6-10-17(14)24-21-16(12-13-22-21)19(23-24)15-9-7-11-18(25-2)20(15)26-3/h5-11,22H,4,12-13H2,1-3H3. The summed E-state index contributed by atoms with van der Waals surface area (Å²) in [7, 11) is 3.33. The van der Waals surface area contributed by atoms with Crippen LogP contribution in [0.25, 0.3) is 16.9 Å². The van der Waals surface area contributed by atoms with Crippen LogP contribution in [-0.2, 0) is 12.8 Å². The molecule has 0 amide bonds. The van der Waals surface area contributed by atoms with Crippen molar-refractivity contribution in [2.75, 3.05) is 26.1 Å². The summed E-state index contributed by atoms with van der Waals surface area (Å²) in [6.07, 6.45) is 1.90. The van der Waals surface area contributed by atoms with Crippen LogP contribution in [0.1, 0.15) is 18.1 Å². The van der Waals surface area contributed by atoms with E-state index in [2.05, 4.69) is 36.5 Å². The Balaban J connectivity index is 1.94. The number of anilines is 1. The highest BCUT2D eigenvalue weighted by Gasteiger charge is 2.27. The number of hydrogen-bond acceptors (Lipinski definition) is 4. The number of nitrogens with zero attached hydrogens (tertiary/aromatic N) is 2. The number of nitrogens with one attached hydrogen (secondary N) is 1. The third-order valence-electron chi connectivity index (χ3n) is 4.91. The topological polar surface area (TPSA) is 48.3 Å². The Morgan fingerprint density at radius 1 is 1.08 bits per heavy atom. The van der Waals surface area contributed by atoms with Gasteiger partial charge in [-0.05, 0) is 36.6 Å². The van der Waals surface area contributed by atoms with Crippen LogP contribution in [0, 0.1) is 0 Å². The fraction of sp³-hybridized carbons (Fsp3) is 0.286. The van der Waals surface area contributed by atoms with E-state index in [0.29, 0.717) is 5.75 Å². The summed E-state index contributed by atoms with van der Waals surface area (Å²) in [4.78, 5) is 0. The minimum atomic E-state index is 0.716. The average molecular weight is 349 g/mol. The number of hydrogen-bond donors (Lipinski definition) is 1. The maximum atomic E-state index is 5.65. The van der Waals surface area contributed by atoms with Crippen LogP contribution < -0.4 is 14.8 Å². The number of benzene rings is 2. The lowest BCUT2D eigenvalue weighted by Gasteiger charge is -2.12. The third-order valence-corrected chi connectivity index (χ3v) is 4.91. The second-order valence-electron chi connectivity index (χ2n) is 6.29. The van der Waals surface area contributed by atoms with E-state index in [1.165, 1.54) is 11.1 Å². The van der Waals surface area contributed by atoms with Crippen LogP contribution in [0.4, 0.5) is 5.82 Å². The molecular weight excluding hydrogens is 326 g/mol. The highest BCUT2D eigenvalue weighted by atomic mass is 16.5. The molecule has 0 unspecified atom stereocenters. The largest absolute Gasteiger partial charge is 0.493 e. The van der Waals surface area contributed by atoms with Gasteiger partial charge in [-0.15, -0.1) is 0 Å². The fourth-order valence-corrected chi connectivity index (χ4v) is 3.66. The van der Waals surface area contributed by atoms with Crippen LogP contribution in [0.5, 0.6) is 11.5 Å². The molecule has 0 saturated carbocycles. The van der Waals surface area contributed by atoms with E-state index in [1.807, 2.05) is 22.9 Å². The van der Waals surface area contributed by atoms with Crippen molar-refractivity contribution in [1.29, 1.82) is 0 Å². The second-order valence-corrected chi connectivity index (χ2v) is 6.29. The molecule has 2 aromatic carbocycles. The van der Waals surface area contributed by atoms with Crippen LogP contribution >= 0.6 is 0 Å². The van der Waals surface area contributed by atoms with Crippen LogP contribution in [0.15, 0.2) is 42.5 Å². The van der Waals surface area contributed by atoms with Crippen LogP contribution in [0.3, 0.4) is 0 Å². The summed E-state index contributed by atoms with van der Waals surface area (Å²) in [5.74, 6) is 2.51. The average Bonchev–Trinajstić information content (AvgIpc) is 3.30. The highest BCUT2D eigenvalue weighted by Crippen LogP contribution is 2.42. The molecule has 1 aromatic heterocycles. The number of rotatable bonds is 5. The summed E-state index contributed by atoms with van der Waals surface area (Å²) in [5.41, 5.74) is 5.53. The summed E-state index contributed by atoms with van der Waals surface area (Å²) >= 11 is 0. The number of aryl methyl sites for hydroxylation is 1. The molecule has 4 rings (SSSR count). The second kappa shape index (κ2) is 6.75. The van der Waals surface area contributed by atoms with Crippen molar-refractivity contribution >= 4 is 5.82 Å². The summed E-state index contributed by atoms with van der Waals surface area (Å²) in [5, 5.41) is 8.49. The Hall–Kier alpha value is -2.95. The molecule has 26 heavy (non-hydrogen) atoms. The van der Waals surface area contributed by atoms with E-state index < -0.39 is 0 Å². The van der Waals surface area contributed by atoms with Gasteiger partial charge in [-0.25, -0.2) is 4.68 Å². The Bertz CT molecular complexity index is 946. The molecule has 0 atom stereocenters. The van der Waals surface area contributed by atoms with Crippen LogP contribution in [0.2, 0.25) is 0 Å². The molecule has 0 saturated heterocycles. The monoisotopic (exact) mass is 349 g/mol. The van der Waals surface area contributed by atoms with Gasteiger partial charge in [-0.2, -0.15) is 5.10 Å². The molecular formula is C21H23N3O2. The van der Waals surface area contributed by atoms with E-state index in [9.17, 15) is 0 Å². The minimum absolute atomic E-state index is 0.716. The summed E-state index contributed by atoms with van der Waals surface area (Å²) in [6, 6.07) is 14.3. The number of methoxy groups -OCH3 is 2. The van der Waals surface area contributed by atoms with Gasteiger partial charge in [0.05, 0.1) is 19.9 Å². The molecule has 5 nitrogen and oxygen atoms in total. The molecule has 1 aliphatic rings. The highest BCUT2D eigenvalue weighted by molar-refractivity contribution is 5.78. The van der Waals surface area contributed by atoms with Gasteiger partial charge in [0.25, 0.3) is 0 Å². The van der Waals surface area contributed by atoms with E-state index in [1.54, 1.807) is 14.2 Å². The van der Waals surface area contributed by atoms with Crippen molar-refractivity contribution in [3.8, 4) is 28.4 Å². The number of fused-ring (bicyclic) bond motifs is 1. The molecule has 1 aliphatic heterocycles. The maximum absolute atomic E-state index is 5.65. The van der Waals surface area contributed by atoms with E-state index in [4.69, 9.17) is 14.6 Å². The zero-order valence-electron chi connectivity index (χ0n) is 15.4. The quantitative estimate of drug-likeness (QED) is 0.754. The van der Waals surface area contributed by atoms with Crippen molar-refractivity contribution in [2.24, 2.45) is 0 Å². The molecule has 0 spiro atoms. The van der Waals surface area contributed by atoms with Crippen molar-refractivity contribution in [2.45, 2.75) is 19.8 Å². The van der Waals surface area contributed by atoms with Crippen molar-refractivity contribution < 1.29 is 9.47 Å². The van der Waals surface area contributed by atoms with E-state index >= 15 is 0 Å². The van der Waals surface area contributed by atoms with Crippen LogP contribution in [-0.4, -0.2) is 30.5 Å². The first-order valence-corrected chi connectivity index (χ1v) is 8.93. The Labute approximate surface area is 153 Å². The molecule has 134 valence electrons. The van der Waals surface area contributed by atoms with Gasteiger partial charge in [-0.1, -0.05) is 31.2 Å². The number of para-hydroxylation sites is 2. The normalized spacial score (nSPS) is 12.6. The molecule has 0 aliphatic carbocycles. The zero-order chi connectivity index (χ0) is 18.1. The van der Waals surface area contributed by atoms with Gasteiger partial charge in [0.1, 0.15) is 11.5 Å². The molecule has 3 aromatic rings. The smallest absolute Gasteiger partial charge is 0.170 e. The lowest BCUT2D eigenvalue weighted by Crippen LogP contribution is -2.06. The van der Waals surface area contributed by atoms with Crippen molar-refractivity contribution in [3.63, 3.8) is 0 Å². The Morgan fingerprint density at radius 3 is 2.69 bits per heavy atom. The van der Waals surface area contributed by atoms with Gasteiger partial charge < -0.3 is 14.8 Å². The summed E-state index contributed by atoms with van der Waals surface area (Å²) in [6.45, 7) is 3.09. The molecule has 0 fully saturated rings. The van der Waals surface area contributed by atoms with E-state index in [-0.39, 0.29) is 0 Å². The van der Waals surface area contributed by atoms with Crippen molar-refractivity contribution in [1.82, 2.24) is 9.78 Å². The molecule has 5 heteroatoms. The third kappa shape index (κ3) is 2.51.